The first-order valence-corrected chi connectivity index (χ1v) is 5.70. The second-order valence-corrected chi connectivity index (χ2v) is 4.31. The van der Waals surface area contributed by atoms with Crippen LogP contribution in [-0.2, 0) is 0 Å². The maximum atomic E-state index is 5.44. The van der Waals surface area contributed by atoms with Crippen molar-refractivity contribution in [3.63, 3.8) is 0 Å². The molecule has 0 amide bonds. The fraction of sp³-hybridized carbons (Fsp3) is 1.00. The summed E-state index contributed by atoms with van der Waals surface area (Å²) < 4.78 is 0. The van der Waals surface area contributed by atoms with E-state index < -0.39 is 0 Å². The van der Waals surface area contributed by atoms with Crippen LogP contribution in [0.4, 0.5) is 0 Å². The molecule has 0 aliphatic rings. The van der Waals surface area contributed by atoms with Gasteiger partial charge in [-0.2, -0.15) is 0 Å². The van der Waals surface area contributed by atoms with E-state index in [0.29, 0.717) is 0 Å². The molecular weight excluding hydrogens is 174 g/mol. The van der Waals surface area contributed by atoms with Crippen LogP contribution in [0.5, 0.6) is 0 Å². The molecule has 0 rings (SSSR count). The first-order chi connectivity index (χ1) is 6.66. The summed E-state index contributed by atoms with van der Waals surface area (Å²) in [6.45, 7) is 4.45. The SMILES string of the molecule is CN(C)CCCN(C)CCCCCN. The van der Waals surface area contributed by atoms with E-state index in [1.807, 2.05) is 0 Å². The van der Waals surface area contributed by atoms with Crippen LogP contribution in [0.25, 0.3) is 0 Å². The van der Waals surface area contributed by atoms with Gasteiger partial charge in [0, 0.05) is 0 Å². The molecule has 0 aromatic heterocycles. The van der Waals surface area contributed by atoms with E-state index in [4.69, 9.17) is 5.73 Å². The molecule has 0 aromatic carbocycles. The average Bonchev–Trinajstić information content (AvgIpc) is 2.12. The third kappa shape index (κ3) is 9.96. The molecule has 0 saturated heterocycles. The van der Waals surface area contributed by atoms with Crippen LogP contribution in [-0.4, -0.2) is 57.1 Å². The van der Waals surface area contributed by atoms with E-state index >= 15 is 0 Å². The van der Waals surface area contributed by atoms with Crippen LogP contribution >= 0.6 is 0 Å². The lowest BCUT2D eigenvalue weighted by Gasteiger charge is -2.17. The van der Waals surface area contributed by atoms with Crippen LogP contribution in [0, 0.1) is 0 Å². The van der Waals surface area contributed by atoms with Gasteiger partial charge in [-0.05, 0) is 66.6 Å². The summed E-state index contributed by atoms with van der Waals surface area (Å²) in [5.74, 6) is 0. The van der Waals surface area contributed by atoms with E-state index in [9.17, 15) is 0 Å². The molecule has 0 aromatic rings. The van der Waals surface area contributed by atoms with Gasteiger partial charge in [-0.3, -0.25) is 0 Å². The van der Waals surface area contributed by atoms with E-state index in [0.717, 1.165) is 6.54 Å². The Morgan fingerprint density at radius 2 is 1.43 bits per heavy atom. The Morgan fingerprint density at radius 3 is 2.00 bits per heavy atom. The molecule has 0 saturated carbocycles. The van der Waals surface area contributed by atoms with Crippen molar-refractivity contribution < 1.29 is 0 Å². The van der Waals surface area contributed by atoms with E-state index in [1.165, 1.54) is 45.3 Å². The van der Waals surface area contributed by atoms with Gasteiger partial charge in [0.2, 0.25) is 0 Å². The summed E-state index contributed by atoms with van der Waals surface area (Å²) in [5.41, 5.74) is 5.44. The fourth-order valence-electron chi connectivity index (χ4n) is 1.47. The third-order valence-electron chi connectivity index (χ3n) is 2.39. The lowest BCUT2D eigenvalue weighted by atomic mass is 10.2. The molecule has 0 aliphatic carbocycles. The molecule has 14 heavy (non-hydrogen) atoms. The largest absolute Gasteiger partial charge is 0.330 e. The Labute approximate surface area is 89.2 Å². The minimum Gasteiger partial charge on any atom is -0.330 e. The Morgan fingerprint density at radius 1 is 0.786 bits per heavy atom. The molecule has 0 radical (unpaired) electrons. The van der Waals surface area contributed by atoms with Gasteiger partial charge in [-0.15, -0.1) is 0 Å². The highest BCUT2D eigenvalue weighted by Gasteiger charge is 1.98. The van der Waals surface area contributed by atoms with E-state index in [2.05, 4.69) is 30.9 Å². The lowest BCUT2D eigenvalue weighted by molar-refractivity contribution is 0.295. The van der Waals surface area contributed by atoms with E-state index in [-0.39, 0.29) is 0 Å². The van der Waals surface area contributed by atoms with Crippen molar-refractivity contribution in [2.75, 3.05) is 47.3 Å². The van der Waals surface area contributed by atoms with Crippen LogP contribution < -0.4 is 5.73 Å². The fourth-order valence-corrected chi connectivity index (χ4v) is 1.47. The topological polar surface area (TPSA) is 32.5 Å². The second-order valence-electron chi connectivity index (χ2n) is 4.31. The minimum absolute atomic E-state index is 0.838. The molecule has 2 N–H and O–H groups in total. The molecule has 0 unspecified atom stereocenters. The Hall–Kier alpha value is -0.120. The molecule has 0 bridgehead atoms. The number of nitrogens with two attached hydrogens (primary N) is 1. The van der Waals surface area contributed by atoms with Crippen molar-refractivity contribution in [3.8, 4) is 0 Å². The van der Waals surface area contributed by atoms with Crippen molar-refractivity contribution in [2.24, 2.45) is 5.73 Å². The van der Waals surface area contributed by atoms with Crippen molar-refractivity contribution in [1.82, 2.24) is 9.80 Å². The molecule has 0 heterocycles. The van der Waals surface area contributed by atoms with Crippen LogP contribution in [0.15, 0.2) is 0 Å². The summed E-state index contributed by atoms with van der Waals surface area (Å²) in [7, 11) is 6.46. The summed E-state index contributed by atoms with van der Waals surface area (Å²) in [6, 6.07) is 0. The molecule has 0 fully saturated rings. The number of nitrogens with zero attached hydrogens (tertiary/aromatic N) is 2. The summed E-state index contributed by atoms with van der Waals surface area (Å²) in [5, 5.41) is 0. The zero-order chi connectivity index (χ0) is 10.8. The molecule has 3 nitrogen and oxygen atoms in total. The van der Waals surface area contributed by atoms with Gasteiger partial charge in [-0.1, -0.05) is 6.42 Å². The van der Waals surface area contributed by atoms with E-state index in [1.54, 1.807) is 0 Å². The lowest BCUT2D eigenvalue weighted by Crippen LogP contribution is -2.24. The first-order valence-electron chi connectivity index (χ1n) is 5.70. The van der Waals surface area contributed by atoms with Gasteiger partial charge in [0.1, 0.15) is 0 Å². The Balaban J connectivity index is 3.15. The standard InChI is InChI=1S/C11H27N3/c1-13(2)9-7-11-14(3)10-6-4-5-8-12/h4-12H2,1-3H3. The molecule has 0 aliphatic heterocycles. The summed E-state index contributed by atoms with van der Waals surface area (Å²) >= 11 is 0. The maximum Gasteiger partial charge on any atom is -0.000960 e. The van der Waals surface area contributed by atoms with Gasteiger partial charge in [0.25, 0.3) is 0 Å². The number of unbranched alkanes of at least 4 members (excludes halogenated alkanes) is 2. The Bertz CT molecular complexity index is 115. The van der Waals surface area contributed by atoms with Crippen molar-refractivity contribution in [2.45, 2.75) is 25.7 Å². The maximum absolute atomic E-state index is 5.44. The van der Waals surface area contributed by atoms with Gasteiger partial charge in [0.15, 0.2) is 0 Å². The van der Waals surface area contributed by atoms with Crippen molar-refractivity contribution in [3.05, 3.63) is 0 Å². The number of hydrogen-bond acceptors (Lipinski definition) is 3. The molecule has 0 atom stereocenters. The zero-order valence-electron chi connectivity index (χ0n) is 10.1. The Kier molecular flexibility index (Phi) is 9.35. The highest BCUT2D eigenvalue weighted by molar-refractivity contribution is 4.54. The predicted octanol–water partition coefficient (Wildman–Crippen LogP) is 0.999. The van der Waals surface area contributed by atoms with Gasteiger partial charge < -0.3 is 15.5 Å². The molecule has 0 spiro atoms. The van der Waals surface area contributed by atoms with Crippen molar-refractivity contribution in [1.29, 1.82) is 0 Å². The molecular formula is C11H27N3. The quantitative estimate of drug-likeness (QED) is 0.565. The smallest absolute Gasteiger partial charge is 0.000960 e. The van der Waals surface area contributed by atoms with Gasteiger partial charge in [-0.25, -0.2) is 0 Å². The zero-order valence-corrected chi connectivity index (χ0v) is 10.1. The number of hydrogen-bond donors (Lipinski definition) is 1. The summed E-state index contributed by atoms with van der Waals surface area (Å²) in [6.07, 6.45) is 5.00. The average molecular weight is 201 g/mol. The highest BCUT2D eigenvalue weighted by Crippen LogP contribution is 1.97. The normalized spacial score (nSPS) is 11.6. The second kappa shape index (κ2) is 9.44. The first kappa shape index (κ1) is 13.9. The molecule has 3 heteroatoms. The van der Waals surface area contributed by atoms with Gasteiger partial charge >= 0.3 is 0 Å². The monoisotopic (exact) mass is 201 g/mol. The highest BCUT2D eigenvalue weighted by atomic mass is 15.1. The molecule has 86 valence electrons. The third-order valence-corrected chi connectivity index (χ3v) is 2.39. The minimum atomic E-state index is 0.838. The van der Waals surface area contributed by atoms with Gasteiger partial charge in [0.05, 0.1) is 0 Å². The predicted molar refractivity (Wildman–Crippen MR) is 63.6 cm³/mol. The number of rotatable bonds is 9. The van der Waals surface area contributed by atoms with Crippen LogP contribution in [0.3, 0.4) is 0 Å². The van der Waals surface area contributed by atoms with Crippen molar-refractivity contribution >= 4 is 0 Å². The summed E-state index contributed by atoms with van der Waals surface area (Å²) in [4.78, 5) is 4.66. The van der Waals surface area contributed by atoms with Crippen LogP contribution in [0.2, 0.25) is 0 Å². The van der Waals surface area contributed by atoms with Crippen LogP contribution in [0.1, 0.15) is 25.7 Å².